The highest BCUT2D eigenvalue weighted by atomic mass is 19.3. The second-order valence-corrected chi connectivity index (χ2v) is 8.84. The molecule has 1 aliphatic carbocycles. The van der Waals surface area contributed by atoms with Gasteiger partial charge in [0.15, 0.2) is 0 Å². The number of halogens is 2. The van der Waals surface area contributed by atoms with Gasteiger partial charge in [0.25, 0.3) is 0 Å². The number of hydrogen-bond acceptors (Lipinski definition) is 1. The first-order chi connectivity index (χ1) is 15.4. The minimum atomic E-state index is -3.39. The van der Waals surface area contributed by atoms with Gasteiger partial charge in [0.05, 0.1) is 5.56 Å². The Morgan fingerprint density at radius 3 is 1.84 bits per heavy atom. The largest absolute Gasteiger partial charge is 0.429 e. The predicted octanol–water partition coefficient (Wildman–Crippen LogP) is 7.82. The number of benzene rings is 3. The molecule has 0 spiro atoms. The highest BCUT2D eigenvalue weighted by Gasteiger charge is 2.34. The SMILES string of the molecule is Cc1ccc(C#Cc2ccc(OC(F)(F)c3ccc(C4CCC(C)CC4)cc3)cc2)cc1. The molecule has 0 radical (unpaired) electrons. The molecule has 0 heterocycles. The van der Waals surface area contributed by atoms with Crippen molar-refractivity contribution in [2.45, 2.75) is 51.6 Å². The van der Waals surface area contributed by atoms with Gasteiger partial charge in [-0.2, -0.15) is 8.78 Å². The van der Waals surface area contributed by atoms with Crippen LogP contribution in [0.3, 0.4) is 0 Å². The molecule has 164 valence electrons. The lowest BCUT2D eigenvalue weighted by Gasteiger charge is -2.27. The zero-order valence-corrected chi connectivity index (χ0v) is 18.6. The highest BCUT2D eigenvalue weighted by Crippen LogP contribution is 2.37. The van der Waals surface area contributed by atoms with Crippen molar-refractivity contribution in [3.8, 4) is 17.6 Å². The van der Waals surface area contributed by atoms with E-state index >= 15 is 0 Å². The fraction of sp³-hybridized carbons (Fsp3) is 0.310. The molecule has 4 rings (SSSR count). The Hall–Kier alpha value is -3.12. The molecular weight excluding hydrogens is 402 g/mol. The first-order valence-electron chi connectivity index (χ1n) is 11.2. The van der Waals surface area contributed by atoms with Crippen LogP contribution in [0.25, 0.3) is 0 Å². The van der Waals surface area contributed by atoms with Crippen molar-refractivity contribution in [3.63, 3.8) is 0 Å². The van der Waals surface area contributed by atoms with E-state index in [1.165, 1.54) is 42.7 Å². The smallest absolute Gasteiger partial charge is 0.426 e. The lowest BCUT2D eigenvalue weighted by molar-refractivity contribution is -0.185. The zero-order chi connectivity index (χ0) is 22.6. The topological polar surface area (TPSA) is 9.23 Å². The molecule has 1 aliphatic rings. The van der Waals surface area contributed by atoms with Crippen molar-refractivity contribution in [2.24, 2.45) is 5.92 Å². The molecule has 1 fully saturated rings. The fourth-order valence-electron chi connectivity index (χ4n) is 4.14. The highest BCUT2D eigenvalue weighted by molar-refractivity contribution is 5.45. The van der Waals surface area contributed by atoms with Crippen LogP contribution in [-0.4, -0.2) is 0 Å². The number of aryl methyl sites for hydroxylation is 1. The number of ether oxygens (including phenoxy) is 1. The van der Waals surface area contributed by atoms with Gasteiger partial charge in [-0.15, -0.1) is 0 Å². The summed E-state index contributed by atoms with van der Waals surface area (Å²) in [6, 6.07) is 21.0. The van der Waals surface area contributed by atoms with E-state index in [1.54, 1.807) is 12.1 Å². The summed E-state index contributed by atoms with van der Waals surface area (Å²) in [4.78, 5) is 0. The average molecular weight is 431 g/mol. The molecule has 3 heteroatoms. The standard InChI is InChI=1S/C29H28F2O/c1-21-3-7-23(8-4-21)9-10-24-11-19-28(20-12-24)32-29(30,31)27-17-15-26(16-18-27)25-13-5-22(2)6-14-25/h3-4,7-8,11-12,15-20,22,25H,5-6,13-14H2,1-2H3. The molecule has 0 atom stereocenters. The summed E-state index contributed by atoms with van der Waals surface area (Å²) in [6.45, 7) is 4.30. The molecule has 1 saturated carbocycles. The van der Waals surface area contributed by atoms with Crippen LogP contribution >= 0.6 is 0 Å². The second kappa shape index (κ2) is 9.57. The van der Waals surface area contributed by atoms with Crippen LogP contribution in [0.5, 0.6) is 5.75 Å². The van der Waals surface area contributed by atoms with E-state index in [2.05, 4.69) is 18.8 Å². The van der Waals surface area contributed by atoms with Crippen LogP contribution in [0.15, 0.2) is 72.8 Å². The first-order valence-corrected chi connectivity index (χ1v) is 11.2. The maximum Gasteiger partial charge on any atom is 0.426 e. The molecule has 0 N–H and O–H groups in total. The molecule has 32 heavy (non-hydrogen) atoms. The van der Waals surface area contributed by atoms with Crippen LogP contribution in [0.1, 0.15) is 66.3 Å². The van der Waals surface area contributed by atoms with Crippen LogP contribution in [0, 0.1) is 24.7 Å². The van der Waals surface area contributed by atoms with Crippen LogP contribution in [-0.2, 0) is 6.11 Å². The normalized spacial score (nSPS) is 18.5. The molecule has 0 unspecified atom stereocenters. The van der Waals surface area contributed by atoms with E-state index < -0.39 is 6.11 Å². The lowest BCUT2D eigenvalue weighted by Crippen LogP contribution is -2.22. The van der Waals surface area contributed by atoms with E-state index in [4.69, 9.17) is 4.74 Å². The molecular formula is C29H28F2O. The van der Waals surface area contributed by atoms with Gasteiger partial charge >= 0.3 is 6.11 Å². The number of alkyl halides is 2. The monoisotopic (exact) mass is 430 g/mol. The third kappa shape index (κ3) is 5.56. The molecule has 1 nitrogen and oxygen atoms in total. The van der Waals surface area contributed by atoms with E-state index in [-0.39, 0.29) is 11.3 Å². The van der Waals surface area contributed by atoms with E-state index in [1.807, 2.05) is 43.3 Å². The van der Waals surface area contributed by atoms with Gasteiger partial charge < -0.3 is 4.74 Å². The predicted molar refractivity (Wildman–Crippen MR) is 125 cm³/mol. The minimum Gasteiger partial charge on any atom is -0.429 e. The summed E-state index contributed by atoms with van der Waals surface area (Å²) in [5, 5.41) is 0. The molecule has 0 amide bonds. The quantitative estimate of drug-likeness (QED) is 0.383. The summed E-state index contributed by atoms with van der Waals surface area (Å²) in [7, 11) is 0. The Bertz CT molecular complexity index is 1080. The number of hydrogen-bond donors (Lipinski definition) is 0. The van der Waals surface area contributed by atoms with Gasteiger partial charge in [-0.1, -0.05) is 61.4 Å². The summed E-state index contributed by atoms with van der Waals surface area (Å²) in [6.07, 6.45) is 1.28. The zero-order valence-electron chi connectivity index (χ0n) is 18.6. The van der Waals surface area contributed by atoms with Gasteiger partial charge in [0, 0.05) is 11.1 Å². The molecule has 0 aliphatic heterocycles. The van der Waals surface area contributed by atoms with Gasteiger partial charge in [-0.05, 0) is 85.7 Å². The Kier molecular flexibility index (Phi) is 6.61. The van der Waals surface area contributed by atoms with Crippen LogP contribution < -0.4 is 4.74 Å². The van der Waals surface area contributed by atoms with E-state index in [0.29, 0.717) is 5.92 Å². The van der Waals surface area contributed by atoms with Gasteiger partial charge in [-0.25, -0.2) is 0 Å². The summed E-state index contributed by atoms with van der Waals surface area (Å²) >= 11 is 0. The van der Waals surface area contributed by atoms with Crippen LogP contribution in [0.2, 0.25) is 0 Å². The van der Waals surface area contributed by atoms with Crippen LogP contribution in [0.4, 0.5) is 8.78 Å². The van der Waals surface area contributed by atoms with Crippen molar-refractivity contribution >= 4 is 0 Å². The summed E-state index contributed by atoms with van der Waals surface area (Å²) in [5.74, 6) is 7.48. The van der Waals surface area contributed by atoms with Crippen molar-refractivity contribution in [1.29, 1.82) is 0 Å². The second-order valence-electron chi connectivity index (χ2n) is 8.84. The lowest BCUT2D eigenvalue weighted by atomic mass is 9.79. The Morgan fingerprint density at radius 1 is 0.750 bits per heavy atom. The average Bonchev–Trinajstić information content (AvgIpc) is 2.80. The van der Waals surface area contributed by atoms with Crippen molar-refractivity contribution in [3.05, 3.63) is 101 Å². The molecule has 0 aromatic heterocycles. The van der Waals surface area contributed by atoms with Crippen molar-refractivity contribution in [1.82, 2.24) is 0 Å². The van der Waals surface area contributed by atoms with Gasteiger partial charge in [0.1, 0.15) is 5.75 Å². The minimum absolute atomic E-state index is 0.112. The van der Waals surface area contributed by atoms with E-state index in [0.717, 1.165) is 35.4 Å². The molecule has 0 saturated heterocycles. The Labute approximate surface area is 189 Å². The third-order valence-electron chi connectivity index (χ3n) is 6.24. The maximum absolute atomic E-state index is 14.7. The third-order valence-corrected chi connectivity index (χ3v) is 6.24. The fourth-order valence-corrected chi connectivity index (χ4v) is 4.14. The number of rotatable bonds is 4. The summed E-state index contributed by atoms with van der Waals surface area (Å²) in [5.41, 5.74) is 3.85. The van der Waals surface area contributed by atoms with E-state index in [9.17, 15) is 8.78 Å². The maximum atomic E-state index is 14.7. The van der Waals surface area contributed by atoms with Gasteiger partial charge in [0.2, 0.25) is 0 Å². The van der Waals surface area contributed by atoms with Gasteiger partial charge in [-0.3, -0.25) is 0 Å². The van der Waals surface area contributed by atoms with Crippen molar-refractivity contribution in [2.75, 3.05) is 0 Å². The molecule has 3 aromatic carbocycles. The summed E-state index contributed by atoms with van der Waals surface area (Å²) < 4.78 is 34.5. The Balaban J connectivity index is 1.40. The Morgan fingerprint density at radius 2 is 1.28 bits per heavy atom. The first kappa shape index (κ1) is 22.1. The molecule has 3 aromatic rings. The molecule has 0 bridgehead atoms. The van der Waals surface area contributed by atoms with Crippen molar-refractivity contribution < 1.29 is 13.5 Å².